The topological polar surface area (TPSA) is 33.6 Å². The van der Waals surface area contributed by atoms with Crippen LogP contribution >= 0.6 is 23.6 Å². The average molecular weight is 239 g/mol. The summed E-state index contributed by atoms with van der Waals surface area (Å²) in [5.41, 5.74) is 1.23. The van der Waals surface area contributed by atoms with Gasteiger partial charge in [-0.2, -0.15) is 0 Å². The lowest BCUT2D eigenvalue weighted by molar-refractivity contribution is 0.682. The fraction of sp³-hybridized carbons (Fsp3) is 0.400. The van der Waals surface area contributed by atoms with Crippen LogP contribution in [-0.4, -0.2) is 14.5 Å². The van der Waals surface area contributed by atoms with Crippen LogP contribution in [0.2, 0.25) is 0 Å². The predicted molar refractivity (Wildman–Crippen MR) is 64.9 cm³/mol. The van der Waals surface area contributed by atoms with Gasteiger partial charge in [0, 0.05) is 23.5 Å². The largest absolute Gasteiger partial charge is 0.337 e. The first-order valence-corrected chi connectivity index (χ1v) is 6.13. The SMILES string of the molecule is CC(C)c1c[nH]c(=S)n1Cc1nccs1. The second-order valence-electron chi connectivity index (χ2n) is 3.69. The highest BCUT2D eigenvalue weighted by atomic mass is 32.1. The standard InChI is InChI=1S/C10H13N3S2/c1-7(2)8-5-12-10(14)13(8)6-9-11-3-4-15-9/h3-5,7H,6H2,1-2H3,(H,12,14). The first-order chi connectivity index (χ1) is 7.18. The third kappa shape index (κ3) is 2.18. The van der Waals surface area contributed by atoms with Crippen molar-refractivity contribution in [2.45, 2.75) is 26.3 Å². The number of rotatable bonds is 3. The average Bonchev–Trinajstić information content (AvgIpc) is 2.78. The van der Waals surface area contributed by atoms with Gasteiger partial charge in [0.05, 0.1) is 6.54 Å². The van der Waals surface area contributed by atoms with Gasteiger partial charge in [-0.05, 0) is 18.1 Å². The lowest BCUT2D eigenvalue weighted by Crippen LogP contribution is -2.05. The van der Waals surface area contributed by atoms with E-state index in [1.165, 1.54) is 5.69 Å². The van der Waals surface area contributed by atoms with E-state index in [0.29, 0.717) is 5.92 Å². The molecular formula is C10H13N3S2. The van der Waals surface area contributed by atoms with Crippen molar-refractivity contribution in [3.8, 4) is 0 Å². The molecule has 0 radical (unpaired) electrons. The molecule has 0 aliphatic carbocycles. The maximum absolute atomic E-state index is 5.25. The molecule has 2 rings (SSSR count). The van der Waals surface area contributed by atoms with E-state index in [-0.39, 0.29) is 0 Å². The number of nitrogens with one attached hydrogen (secondary N) is 1. The molecule has 3 nitrogen and oxygen atoms in total. The Morgan fingerprint density at radius 1 is 1.60 bits per heavy atom. The summed E-state index contributed by atoms with van der Waals surface area (Å²) in [6, 6.07) is 0. The highest BCUT2D eigenvalue weighted by Crippen LogP contribution is 2.17. The van der Waals surface area contributed by atoms with E-state index in [0.717, 1.165) is 16.3 Å². The molecule has 80 valence electrons. The minimum Gasteiger partial charge on any atom is -0.337 e. The van der Waals surface area contributed by atoms with Crippen LogP contribution < -0.4 is 0 Å². The second-order valence-corrected chi connectivity index (χ2v) is 5.05. The Balaban J connectivity index is 2.35. The monoisotopic (exact) mass is 239 g/mol. The molecule has 0 aliphatic rings. The molecule has 0 fully saturated rings. The Bertz CT molecular complexity index is 479. The Morgan fingerprint density at radius 2 is 2.40 bits per heavy atom. The third-order valence-electron chi connectivity index (χ3n) is 2.27. The van der Waals surface area contributed by atoms with Gasteiger partial charge < -0.3 is 9.55 Å². The van der Waals surface area contributed by atoms with Crippen molar-refractivity contribution in [1.29, 1.82) is 0 Å². The maximum atomic E-state index is 5.25. The first kappa shape index (κ1) is 10.6. The fourth-order valence-electron chi connectivity index (χ4n) is 1.52. The van der Waals surface area contributed by atoms with Gasteiger partial charge in [-0.3, -0.25) is 0 Å². The van der Waals surface area contributed by atoms with Crippen molar-refractivity contribution < 1.29 is 0 Å². The molecule has 0 amide bonds. The molecule has 1 N–H and O–H groups in total. The first-order valence-electron chi connectivity index (χ1n) is 4.85. The van der Waals surface area contributed by atoms with E-state index in [4.69, 9.17) is 12.2 Å². The van der Waals surface area contributed by atoms with Crippen molar-refractivity contribution >= 4 is 23.6 Å². The lowest BCUT2D eigenvalue weighted by Gasteiger charge is -2.08. The summed E-state index contributed by atoms with van der Waals surface area (Å²) < 4.78 is 2.88. The molecule has 5 heteroatoms. The Labute approximate surface area is 97.8 Å². The van der Waals surface area contributed by atoms with Gasteiger partial charge in [-0.25, -0.2) is 4.98 Å². The summed E-state index contributed by atoms with van der Waals surface area (Å²) >= 11 is 6.91. The number of thiazole rings is 1. The van der Waals surface area contributed by atoms with Crippen LogP contribution in [0.5, 0.6) is 0 Å². The zero-order valence-corrected chi connectivity index (χ0v) is 10.4. The molecule has 0 saturated heterocycles. The van der Waals surface area contributed by atoms with Gasteiger partial charge in [0.25, 0.3) is 0 Å². The maximum Gasteiger partial charge on any atom is 0.177 e. The van der Waals surface area contributed by atoms with Gasteiger partial charge in [0.15, 0.2) is 4.77 Å². The molecular weight excluding hydrogens is 226 g/mol. The number of imidazole rings is 1. The van der Waals surface area contributed by atoms with Crippen LogP contribution in [0.4, 0.5) is 0 Å². The molecule has 0 unspecified atom stereocenters. The smallest absolute Gasteiger partial charge is 0.177 e. The highest BCUT2D eigenvalue weighted by molar-refractivity contribution is 7.71. The van der Waals surface area contributed by atoms with Crippen molar-refractivity contribution in [2.75, 3.05) is 0 Å². The van der Waals surface area contributed by atoms with E-state index in [1.54, 1.807) is 11.3 Å². The highest BCUT2D eigenvalue weighted by Gasteiger charge is 2.08. The molecule has 0 aromatic carbocycles. The van der Waals surface area contributed by atoms with Crippen molar-refractivity contribution in [1.82, 2.24) is 14.5 Å². The number of hydrogen-bond donors (Lipinski definition) is 1. The van der Waals surface area contributed by atoms with E-state index in [2.05, 4.69) is 28.4 Å². The third-order valence-corrected chi connectivity index (χ3v) is 3.37. The normalized spacial score (nSPS) is 11.1. The lowest BCUT2D eigenvalue weighted by atomic mass is 10.1. The summed E-state index contributed by atoms with van der Waals surface area (Å²) in [5.74, 6) is 0.470. The fourth-order valence-corrected chi connectivity index (χ4v) is 2.35. The van der Waals surface area contributed by atoms with Crippen molar-refractivity contribution in [2.24, 2.45) is 0 Å². The number of H-pyrrole nitrogens is 1. The van der Waals surface area contributed by atoms with Crippen LogP contribution in [0.25, 0.3) is 0 Å². The van der Waals surface area contributed by atoms with E-state index < -0.39 is 0 Å². The van der Waals surface area contributed by atoms with Gasteiger partial charge in [0.2, 0.25) is 0 Å². The van der Waals surface area contributed by atoms with Gasteiger partial charge in [0.1, 0.15) is 5.01 Å². The summed E-state index contributed by atoms with van der Waals surface area (Å²) in [7, 11) is 0. The second kappa shape index (κ2) is 4.28. The summed E-state index contributed by atoms with van der Waals surface area (Å²) in [4.78, 5) is 7.36. The van der Waals surface area contributed by atoms with Gasteiger partial charge >= 0.3 is 0 Å². The molecule has 2 aromatic heterocycles. The molecule has 0 spiro atoms. The van der Waals surface area contributed by atoms with E-state index >= 15 is 0 Å². The summed E-state index contributed by atoms with van der Waals surface area (Å²) in [6.45, 7) is 5.10. The minimum atomic E-state index is 0.470. The number of hydrogen-bond acceptors (Lipinski definition) is 3. The molecule has 0 saturated carbocycles. The predicted octanol–water partition coefficient (Wildman–Crippen LogP) is 3.17. The number of nitrogens with zero attached hydrogens (tertiary/aromatic N) is 2. The van der Waals surface area contributed by atoms with Crippen LogP contribution in [0, 0.1) is 4.77 Å². The van der Waals surface area contributed by atoms with Crippen molar-refractivity contribution in [3.63, 3.8) is 0 Å². The van der Waals surface area contributed by atoms with Gasteiger partial charge in [-0.1, -0.05) is 13.8 Å². The Hall–Kier alpha value is -0.940. The quantitative estimate of drug-likeness (QED) is 0.835. The van der Waals surface area contributed by atoms with E-state index in [9.17, 15) is 0 Å². The Kier molecular flexibility index (Phi) is 3.02. The van der Waals surface area contributed by atoms with Crippen LogP contribution in [0.3, 0.4) is 0 Å². The molecule has 0 bridgehead atoms. The number of aromatic nitrogens is 3. The minimum absolute atomic E-state index is 0.470. The molecule has 15 heavy (non-hydrogen) atoms. The molecule has 0 aliphatic heterocycles. The Morgan fingerprint density at radius 3 is 3.00 bits per heavy atom. The van der Waals surface area contributed by atoms with Crippen molar-refractivity contribution in [3.05, 3.63) is 33.2 Å². The molecule has 0 atom stereocenters. The molecule has 2 aromatic rings. The van der Waals surface area contributed by atoms with Crippen LogP contribution in [0.15, 0.2) is 17.8 Å². The zero-order chi connectivity index (χ0) is 10.8. The zero-order valence-electron chi connectivity index (χ0n) is 8.73. The van der Waals surface area contributed by atoms with Gasteiger partial charge in [-0.15, -0.1) is 11.3 Å². The van der Waals surface area contributed by atoms with Crippen LogP contribution in [0.1, 0.15) is 30.5 Å². The summed E-state index contributed by atoms with van der Waals surface area (Å²) in [5, 5.41) is 3.08. The summed E-state index contributed by atoms with van der Waals surface area (Å²) in [6.07, 6.45) is 3.81. The van der Waals surface area contributed by atoms with Crippen LogP contribution in [-0.2, 0) is 6.54 Å². The number of aromatic amines is 1. The van der Waals surface area contributed by atoms with E-state index in [1.807, 2.05) is 17.8 Å². The molecule has 2 heterocycles.